The van der Waals surface area contributed by atoms with Gasteiger partial charge in [-0.25, -0.2) is 5.43 Å². The van der Waals surface area contributed by atoms with Gasteiger partial charge in [-0.1, -0.05) is 6.07 Å². The molecule has 0 unspecified atom stereocenters. The number of hydrogen-bond acceptors (Lipinski definition) is 3. The zero-order valence-corrected chi connectivity index (χ0v) is 12.0. The van der Waals surface area contributed by atoms with Gasteiger partial charge in [-0.3, -0.25) is 10.2 Å². The van der Waals surface area contributed by atoms with Crippen LogP contribution in [0.3, 0.4) is 0 Å². The lowest BCUT2D eigenvalue weighted by Gasteiger charge is -2.28. The third kappa shape index (κ3) is 2.64. The van der Waals surface area contributed by atoms with Crippen molar-refractivity contribution in [3.8, 4) is 5.75 Å². The van der Waals surface area contributed by atoms with Crippen molar-refractivity contribution in [3.63, 3.8) is 0 Å². The number of hydrogen-bond donors (Lipinski definition) is 2. The van der Waals surface area contributed by atoms with E-state index in [1.165, 1.54) is 0 Å². The van der Waals surface area contributed by atoms with Crippen molar-refractivity contribution in [1.29, 1.82) is 0 Å². The summed E-state index contributed by atoms with van der Waals surface area (Å²) in [5, 5.41) is 0. The maximum Gasteiger partial charge on any atom is 0.244 e. The summed E-state index contributed by atoms with van der Waals surface area (Å²) in [4.78, 5) is 12.1. The number of methoxy groups -OCH3 is 1. The number of hydrazine groups is 1. The minimum atomic E-state index is -0.661. The van der Waals surface area contributed by atoms with Gasteiger partial charge in [-0.15, -0.1) is 0 Å². The molecule has 1 amide bonds. The number of aryl methyl sites for hydroxylation is 2. The predicted octanol–water partition coefficient (Wildman–Crippen LogP) is 1.84. The second kappa shape index (κ2) is 5.40. The van der Waals surface area contributed by atoms with E-state index in [4.69, 9.17) is 4.74 Å². The number of amides is 1. The van der Waals surface area contributed by atoms with E-state index in [1.807, 2.05) is 33.8 Å². The van der Waals surface area contributed by atoms with Gasteiger partial charge in [-0.05, 0) is 44.9 Å². The smallest absolute Gasteiger partial charge is 0.244 e. The summed E-state index contributed by atoms with van der Waals surface area (Å²) in [7, 11) is 3.30. The molecule has 18 heavy (non-hydrogen) atoms. The summed E-state index contributed by atoms with van der Waals surface area (Å²) >= 11 is 0. The third-order valence-electron chi connectivity index (χ3n) is 3.09. The number of nitrogens with one attached hydrogen (secondary N) is 2. The van der Waals surface area contributed by atoms with E-state index in [2.05, 4.69) is 16.9 Å². The van der Waals surface area contributed by atoms with Gasteiger partial charge in [0.25, 0.3) is 0 Å². The number of ether oxygens (including phenoxy) is 1. The standard InChI is InChI=1S/C14H22N2O2/c1-9-7-10(2)12(11(8-9)18-6)14(3,4)13(17)16-15-5/h7-8,15H,1-6H3,(H,16,17). The van der Waals surface area contributed by atoms with Crippen LogP contribution in [0.1, 0.15) is 30.5 Å². The maximum absolute atomic E-state index is 12.1. The average molecular weight is 250 g/mol. The van der Waals surface area contributed by atoms with E-state index < -0.39 is 5.41 Å². The lowest BCUT2D eigenvalue weighted by atomic mass is 9.80. The van der Waals surface area contributed by atoms with Crippen LogP contribution in [0.5, 0.6) is 5.75 Å². The molecule has 0 saturated heterocycles. The van der Waals surface area contributed by atoms with Crippen molar-refractivity contribution in [3.05, 3.63) is 28.8 Å². The maximum atomic E-state index is 12.1. The Bertz CT molecular complexity index is 453. The zero-order valence-electron chi connectivity index (χ0n) is 12.0. The Morgan fingerprint density at radius 2 is 1.89 bits per heavy atom. The molecule has 0 aromatic heterocycles. The summed E-state index contributed by atoms with van der Waals surface area (Å²) in [5.41, 5.74) is 7.74. The van der Waals surface area contributed by atoms with E-state index in [0.29, 0.717) is 0 Å². The van der Waals surface area contributed by atoms with Gasteiger partial charge in [0.15, 0.2) is 0 Å². The monoisotopic (exact) mass is 250 g/mol. The van der Waals surface area contributed by atoms with Crippen LogP contribution in [0.15, 0.2) is 12.1 Å². The number of carbonyl (C=O) groups excluding carboxylic acids is 1. The molecule has 100 valence electrons. The second-order valence-corrected chi connectivity index (χ2v) is 4.99. The van der Waals surface area contributed by atoms with Gasteiger partial charge in [-0.2, -0.15) is 0 Å². The zero-order chi connectivity index (χ0) is 13.9. The molecule has 0 aliphatic heterocycles. The summed E-state index contributed by atoms with van der Waals surface area (Å²) in [6, 6.07) is 4.02. The molecule has 1 rings (SSSR count). The van der Waals surface area contributed by atoms with Gasteiger partial charge >= 0.3 is 0 Å². The summed E-state index contributed by atoms with van der Waals surface area (Å²) in [6.07, 6.45) is 0. The van der Waals surface area contributed by atoms with Crippen molar-refractivity contribution in [2.45, 2.75) is 33.1 Å². The van der Waals surface area contributed by atoms with Crippen LogP contribution < -0.4 is 15.6 Å². The highest BCUT2D eigenvalue weighted by Gasteiger charge is 2.34. The molecule has 0 fully saturated rings. The van der Waals surface area contributed by atoms with Crippen molar-refractivity contribution in [2.24, 2.45) is 0 Å². The molecule has 0 saturated carbocycles. The molecule has 0 spiro atoms. The van der Waals surface area contributed by atoms with Crippen LogP contribution in [0.2, 0.25) is 0 Å². The van der Waals surface area contributed by atoms with Crippen LogP contribution in [0, 0.1) is 13.8 Å². The molecule has 4 heteroatoms. The quantitative estimate of drug-likeness (QED) is 0.802. The summed E-state index contributed by atoms with van der Waals surface area (Å²) < 4.78 is 5.42. The van der Waals surface area contributed by atoms with Gasteiger partial charge in [0, 0.05) is 12.6 Å². The number of rotatable bonds is 4. The van der Waals surface area contributed by atoms with E-state index >= 15 is 0 Å². The Morgan fingerprint density at radius 3 is 2.39 bits per heavy atom. The topological polar surface area (TPSA) is 50.4 Å². The first-order valence-corrected chi connectivity index (χ1v) is 5.97. The largest absolute Gasteiger partial charge is 0.496 e. The average Bonchev–Trinajstić information content (AvgIpc) is 2.27. The van der Waals surface area contributed by atoms with Crippen molar-refractivity contribution in [2.75, 3.05) is 14.2 Å². The molecule has 0 bridgehead atoms. The fourth-order valence-electron chi connectivity index (χ4n) is 2.27. The number of carbonyl (C=O) groups is 1. The SMILES string of the molecule is CNNC(=O)C(C)(C)c1c(C)cc(C)cc1OC. The Hall–Kier alpha value is -1.55. The highest BCUT2D eigenvalue weighted by molar-refractivity contribution is 5.88. The van der Waals surface area contributed by atoms with Crippen LogP contribution in [-0.4, -0.2) is 20.1 Å². The fourth-order valence-corrected chi connectivity index (χ4v) is 2.27. The summed E-state index contributed by atoms with van der Waals surface area (Å²) in [5.74, 6) is 0.666. The first-order valence-electron chi connectivity index (χ1n) is 5.97. The lowest BCUT2D eigenvalue weighted by molar-refractivity contribution is -0.126. The van der Waals surface area contributed by atoms with Crippen LogP contribution in [0.25, 0.3) is 0 Å². The molecule has 0 aliphatic carbocycles. The summed E-state index contributed by atoms with van der Waals surface area (Å²) in [6.45, 7) is 7.79. The van der Waals surface area contributed by atoms with E-state index in [9.17, 15) is 4.79 Å². The lowest BCUT2D eigenvalue weighted by Crippen LogP contribution is -2.45. The van der Waals surface area contributed by atoms with Crippen LogP contribution >= 0.6 is 0 Å². The van der Waals surface area contributed by atoms with Gasteiger partial charge in [0.1, 0.15) is 5.75 Å². The third-order valence-corrected chi connectivity index (χ3v) is 3.09. The Balaban J connectivity index is 3.35. The predicted molar refractivity (Wildman–Crippen MR) is 72.7 cm³/mol. The fraction of sp³-hybridized carbons (Fsp3) is 0.500. The Labute approximate surface area is 109 Å². The van der Waals surface area contributed by atoms with E-state index in [1.54, 1.807) is 14.2 Å². The molecule has 4 nitrogen and oxygen atoms in total. The minimum absolute atomic E-state index is 0.0877. The molecule has 0 radical (unpaired) electrons. The Kier molecular flexibility index (Phi) is 4.35. The molecule has 1 aromatic carbocycles. The molecule has 0 aliphatic rings. The molecular weight excluding hydrogens is 228 g/mol. The molecular formula is C14H22N2O2. The van der Waals surface area contributed by atoms with Gasteiger partial charge in [0.05, 0.1) is 12.5 Å². The van der Waals surface area contributed by atoms with E-state index in [-0.39, 0.29) is 5.91 Å². The van der Waals surface area contributed by atoms with Crippen LogP contribution in [0.4, 0.5) is 0 Å². The molecule has 0 heterocycles. The van der Waals surface area contributed by atoms with E-state index in [0.717, 1.165) is 22.4 Å². The highest BCUT2D eigenvalue weighted by atomic mass is 16.5. The Morgan fingerprint density at radius 1 is 1.28 bits per heavy atom. The second-order valence-electron chi connectivity index (χ2n) is 4.99. The molecule has 0 atom stereocenters. The number of benzene rings is 1. The first-order chi connectivity index (χ1) is 8.34. The van der Waals surface area contributed by atoms with Crippen LogP contribution in [-0.2, 0) is 10.2 Å². The molecule has 2 N–H and O–H groups in total. The van der Waals surface area contributed by atoms with Gasteiger partial charge in [0.2, 0.25) is 5.91 Å². The van der Waals surface area contributed by atoms with Gasteiger partial charge < -0.3 is 4.74 Å². The highest BCUT2D eigenvalue weighted by Crippen LogP contribution is 2.35. The normalized spacial score (nSPS) is 11.2. The minimum Gasteiger partial charge on any atom is -0.496 e. The van der Waals surface area contributed by atoms with Crippen molar-refractivity contribution < 1.29 is 9.53 Å². The molecule has 1 aromatic rings. The van der Waals surface area contributed by atoms with Crippen molar-refractivity contribution >= 4 is 5.91 Å². The van der Waals surface area contributed by atoms with Crippen molar-refractivity contribution in [1.82, 2.24) is 10.9 Å². The first kappa shape index (κ1) is 14.5.